The van der Waals surface area contributed by atoms with E-state index in [0.717, 1.165) is 51.4 Å². The van der Waals surface area contributed by atoms with Crippen LogP contribution in [-0.4, -0.2) is 29.9 Å². The minimum atomic E-state index is -0.719. The molecule has 2 amide bonds. The Morgan fingerprint density at radius 2 is 1.90 bits per heavy atom. The smallest absolute Gasteiger partial charge is 0.246 e. The molecule has 0 bridgehead atoms. The van der Waals surface area contributed by atoms with Gasteiger partial charge in [0.15, 0.2) is 0 Å². The van der Waals surface area contributed by atoms with Crippen LogP contribution in [0.2, 0.25) is 0 Å². The van der Waals surface area contributed by atoms with E-state index in [4.69, 9.17) is 5.73 Å². The number of amides is 2. The lowest BCUT2D eigenvalue weighted by molar-refractivity contribution is -0.134. The quantitative estimate of drug-likeness (QED) is 0.661. The van der Waals surface area contributed by atoms with Crippen molar-refractivity contribution < 1.29 is 9.59 Å². The Kier molecular flexibility index (Phi) is 6.99. The van der Waals surface area contributed by atoms with Crippen molar-refractivity contribution in [3.05, 3.63) is 0 Å². The first kappa shape index (κ1) is 17.0. The third-order valence-corrected chi connectivity index (χ3v) is 4.08. The molecule has 1 fully saturated rings. The highest BCUT2D eigenvalue weighted by molar-refractivity contribution is 5.91. The lowest BCUT2D eigenvalue weighted by Gasteiger charge is -2.37. The molecule has 0 radical (unpaired) electrons. The molecule has 1 rings (SSSR count). The number of unbranched alkanes of at least 4 members (excludes halogenated alkanes) is 1. The summed E-state index contributed by atoms with van der Waals surface area (Å²) in [4.78, 5) is 24.0. The van der Waals surface area contributed by atoms with Gasteiger partial charge in [0.1, 0.15) is 5.54 Å². The second-order valence-corrected chi connectivity index (χ2v) is 5.87. The molecule has 1 atom stereocenters. The van der Waals surface area contributed by atoms with Crippen molar-refractivity contribution in [2.75, 3.05) is 6.54 Å². The van der Waals surface area contributed by atoms with E-state index in [1.807, 2.05) is 0 Å². The second kappa shape index (κ2) is 8.25. The maximum Gasteiger partial charge on any atom is 0.246 e. The predicted molar refractivity (Wildman–Crippen MR) is 80.1 cm³/mol. The Morgan fingerprint density at radius 1 is 1.25 bits per heavy atom. The molecule has 0 spiro atoms. The zero-order chi connectivity index (χ0) is 15.0. The third-order valence-electron chi connectivity index (χ3n) is 4.08. The van der Waals surface area contributed by atoms with E-state index in [1.54, 1.807) is 0 Å². The van der Waals surface area contributed by atoms with Gasteiger partial charge in [-0.1, -0.05) is 39.0 Å². The van der Waals surface area contributed by atoms with Gasteiger partial charge >= 0.3 is 0 Å². The van der Waals surface area contributed by atoms with E-state index in [2.05, 4.69) is 17.6 Å². The molecular formula is C15H29N3O2. The molecule has 0 saturated heterocycles. The SMILES string of the molecule is CCCCC(CN)NC(=O)C1(NC(C)=O)CCCCC1. The first-order chi connectivity index (χ1) is 9.54. The number of rotatable bonds is 7. The summed E-state index contributed by atoms with van der Waals surface area (Å²) in [6.07, 6.45) is 7.58. The van der Waals surface area contributed by atoms with E-state index in [-0.39, 0.29) is 17.9 Å². The maximum absolute atomic E-state index is 12.6. The summed E-state index contributed by atoms with van der Waals surface area (Å²) in [5.74, 6) is -0.196. The number of hydrogen-bond donors (Lipinski definition) is 3. The van der Waals surface area contributed by atoms with Gasteiger partial charge in [-0.2, -0.15) is 0 Å². The Morgan fingerprint density at radius 3 is 2.40 bits per heavy atom. The molecule has 1 aliphatic rings. The molecule has 1 saturated carbocycles. The van der Waals surface area contributed by atoms with Gasteiger partial charge in [-0.25, -0.2) is 0 Å². The molecule has 4 N–H and O–H groups in total. The number of carbonyl (C=O) groups is 2. The van der Waals surface area contributed by atoms with Gasteiger partial charge in [0.05, 0.1) is 0 Å². The number of nitrogens with one attached hydrogen (secondary N) is 2. The molecule has 20 heavy (non-hydrogen) atoms. The van der Waals surface area contributed by atoms with Gasteiger partial charge in [-0.3, -0.25) is 9.59 Å². The summed E-state index contributed by atoms with van der Waals surface area (Å²) in [5.41, 5.74) is 5.02. The standard InChI is InChI=1S/C15H29N3O2/c1-3-4-8-13(11-16)17-14(20)15(18-12(2)19)9-6-5-7-10-15/h13H,3-11,16H2,1-2H3,(H,17,20)(H,18,19). The summed E-state index contributed by atoms with van der Waals surface area (Å²) in [7, 11) is 0. The molecular weight excluding hydrogens is 254 g/mol. The van der Waals surface area contributed by atoms with Crippen molar-refractivity contribution in [2.24, 2.45) is 5.73 Å². The lowest BCUT2D eigenvalue weighted by atomic mass is 9.80. The van der Waals surface area contributed by atoms with Crippen LogP contribution < -0.4 is 16.4 Å². The zero-order valence-corrected chi connectivity index (χ0v) is 12.8. The molecule has 0 aliphatic heterocycles. The fourth-order valence-corrected chi connectivity index (χ4v) is 2.92. The summed E-state index contributed by atoms with van der Waals surface area (Å²) in [6, 6.07) is 0.00927. The molecule has 0 heterocycles. The predicted octanol–water partition coefficient (Wildman–Crippen LogP) is 1.46. The van der Waals surface area contributed by atoms with Crippen LogP contribution >= 0.6 is 0 Å². The molecule has 5 heteroatoms. The highest BCUT2D eigenvalue weighted by atomic mass is 16.2. The van der Waals surface area contributed by atoms with Gasteiger partial charge in [0.2, 0.25) is 11.8 Å². The molecule has 1 aliphatic carbocycles. The van der Waals surface area contributed by atoms with Crippen LogP contribution in [0.5, 0.6) is 0 Å². The minimum absolute atomic E-state index is 0.00927. The van der Waals surface area contributed by atoms with E-state index in [0.29, 0.717) is 6.54 Å². The van der Waals surface area contributed by atoms with Gasteiger partial charge in [0, 0.05) is 19.5 Å². The van der Waals surface area contributed by atoms with E-state index in [1.165, 1.54) is 6.92 Å². The largest absolute Gasteiger partial charge is 0.350 e. The monoisotopic (exact) mass is 283 g/mol. The normalized spacial score (nSPS) is 19.1. The highest BCUT2D eigenvalue weighted by Gasteiger charge is 2.40. The average molecular weight is 283 g/mol. The maximum atomic E-state index is 12.6. The van der Waals surface area contributed by atoms with Crippen LogP contribution in [0.25, 0.3) is 0 Å². The van der Waals surface area contributed by atoms with E-state index >= 15 is 0 Å². The zero-order valence-electron chi connectivity index (χ0n) is 12.8. The third kappa shape index (κ3) is 4.78. The molecule has 5 nitrogen and oxygen atoms in total. The highest BCUT2D eigenvalue weighted by Crippen LogP contribution is 2.28. The minimum Gasteiger partial charge on any atom is -0.350 e. The lowest BCUT2D eigenvalue weighted by Crippen LogP contribution is -2.61. The van der Waals surface area contributed by atoms with Crippen molar-refractivity contribution in [2.45, 2.75) is 76.8 Å². The fraction of sp³-hybridized carbons (Fsp3) is 0.867. The first-order valence-corrected chi connectivity index (χ1v) is 7.84. The van der Waals surface area contributed by atoms with Gasteiger partial charge in [0.25, 0.3) is 0 Å². The Bertz CT molecular complexity index is 325. The molecule has 0 aromatic rings. The summed E-state index contributed by atoms with van der Waals surface area (Å²) < 4.78 is 0. The number of hydrogen-bond acceptors (Lipinski definition) is 3. The van der Waals surface area contributed by atoms with Crippen molar-refractivity contribution in [3.8, 4) is 0 Å². The Hall–Kier alpha value is -1.10. The molecule has 116 valence electrons. The van der Waals surface area contributed by atoms with Crippen molar-refractivity contribution in [3.63, 3.8) is 0 Å². The fourth-order valence-electron chi connectivity index (χ4n) is 2.92. The topological polar surface area (TPSA) is 84.2 Å². The van der Waals surface area contributed by atoms with Crippen molar-refractivity contribution in [1.29, 1.82) is 0 Å². The molecule has 0 aromatic heterocycles. The van der Waals surface area contributed by atoms with Crippen molar-refractivity contribution >= 4 is 11.8 Å². The second-order valence-electron chi connectivity index (χ2n) is 5.87. The van der Waals surface area contributed by atoms with E-state index < -0.39 is 5.54 Å². The number of nitrogens with two attached hydrogens (primary N) is 1. The van der Waals surface area contributed by atoms with Crippen molar-refractivity contribution in [1.82, 2.24) is 10.6 Å². The summed E-state index contributed by atoms with van der Waals surface area (Å²) in [5, 5.41) is 5.93. The summed E-state index contributed by atoms with van der Waals surface area (Å²) in [6.45, 7) is 4.04. The number of carbonyl (C=O) groups excluding carboxylic acids is 2. The van der Waals surface area contributed by atoms with E-state index in [9.17, 15) is 9.59 Å². The van der Waals surface area contributed by atoms with Crippen LogP contribution in [0, 0.1) is 0 Å². The van der Waals surface area contributed by atoms with Crippen LogP contribution in [0.3, 0.4) is 0 Å². The average Bonchev–Trinajstić information content (AvgIpc) is 2.43. The molecule has 0 aromatic carbocycles. The van der Waals surface area contributed by atoms with Gasteiger partial charge < -0.3 is 16.4 Å². The van der Waals surface area contributed by atoms with Crippen LogP contribution in [0.15, 0.2) is 0 Å². The van der Waals surface area contributed by atoms with Gasteiger partial charge in [-0.15, -0.1) is 0 Å². The first-order valence-electron chi connectivity index (χ1n) is 7.84. The molecule has 1 unspecified atom stereocenters. The summed E-state index contributed by atoms with van der Waals surface area (Å²) >= 11 is 0. The van der Waals surface area contributed by atoms with Crippen LogP contribution in [0.1, 0.15) is 65.2 Å². The van der Waals surface area contributed by atoms with Crippen LogP contribution in [-0.2, 0) is 9.59 Å². The Labute approximate surface area is 122 Å². The van der Waals surface area contributed by atoms with Crippen LogP contribution in [0.4, 0.5) is 0 Å². The van der Waals surface area contributed by atoms with Gasteiger partial charge in [-0.05, 0) is 19.3 Å². The Balaban J connectivity index is 2.69.